The van der Waals surface area contributed by atoms with Crippen LogP contribution in [0.15, 0.2) is 18.2 Å². The molecule has 116 valence electrons. The van der Waals surface area contributed by atoms with Crippen LogP contribution in [0.25, 0.3) is 0 Å². The first kappa shape index (κ1) is 16.7. The van der Waals surface area contributed by atoms with Gasteiger partial charge in [-0.25, -0.2) is 14.0 Å². The summed E-state index contributed by atoms with van der Waals surface area (Å²) in [7, 11) is 1.34. The van der Waals surface area contributed by atoms with Gasteiger partial charge in [-0.05, 0) is 18.6 Å². The standard InChI is InChI=1S/C14H19FN2O4/c1-3-4-5-11(13(18)19)17-14(20)16-9-6-7-12(21-2)10(15)8-9/h6-8,11H,3-5H2,1-2H3,(H,18,19)(H2,16,17,20). The number of rotatable bonds is 7. The van der Waals surface area contributed by atoms with Gasteiger partial charge in [0.1, 0.15) is 6.04 Å². The lowest BCUT2D eigenvalue weighted by molar-refractivity contribution is -0.139. The summed E-state index contributed by atoms with van der Waals surface area (Å²) >= 11 is 0. The highest BCUT2D eigenvalue weighted by Gasteiger charge is 2.19. The molecule has 0 bridgehead atoms. The van der Waals surface area contributed by atoms with Crippen LogP contribution in [-0.2, 0) is 4.79 Å². The number of amides is 2. The van der Waals surface area contributed by atoms with Crippen LogP contribution in [0.5, 0.6) is 5.75 Å². The summed E-state index contributed by atoms with van der Waals surface area (Å²) in [5, 5.41) is 13.7. The zero-order valence-corrected chi connectivity index (χ0v) is 12.0. The molecule has 7 heteroatoms. The topological polar surface area (TPSA) is 87.7 Å². The fraction of sp³-hybridized carbons (Fsp3) is 0.429. The van der Waals surface area contributed by atoms with Crippen LogP contribution in [0.3, 0.4) is 0 Å². The van der Waals surface area contributed by atoms with E-state index in [-0.39, 0.29) is 11.4 Å². The molecule has 1 atom stereocenters. The minimum atomic E-state index is -1.10. The number of unbranched alkanes of at least 4 members (excludes halogenated alkanes) is 1. The van der Waals surface area contributed by atoms with E-state index in [4.69, 9.17) is 9.84 Å². The van der Waals surface area contributed by atoms with E-state index in [0.29, 0.717) is 12.8 Å². The molecule has 2 amide bonds. The number of anilines is 1. The van der Waals surface area contributed by atoms with Crippen molar-refractivity contribution in [2.45, 2.75) is 32.2 Å². The molecule has 0 aromatic heterocycles. The molecule has 0 aliphatic heterocycles. The molecule has 0 aliphatic rings. The molecule has 0 heterocycles. The second-order valence-corrected chi connectivity index (χ2v) is 4.48. The minimum Gasteiger partial charge on any atom is -0.494 e. The highest BCUT2D eigenvalue weighted by Crippen LogP contribution is 2.20. The third-order valence-electron chi connectivity index (χ3n) is 2.86. The van der Waals surface area contributed by atoms with Gasteiger partial charge in [-0.15, -0.1) is 0 Å². The SMILES string of the molecule is CCCCC(NC(=O)Nc1ccc(OC)c(F)c1)C(=O)O. The molecule has 0 spiro atoms. The van der Waals surface area contributed by atoms with Gasteiger partial charge in [0.25, 0.3) is 0 Å². The zero-order valence-electron chi connectivity index (χ0n) is 12.0. The van der Waals surface area contributed by atoms with Gasteiger partial charge < -0.3 is 20.5 Å². The van der Waals surface area contributed by atoms with Crippen LogP contribution in [0.2, 0.25) is 0 Å². The number of aliphatic carboxylic acids is 1. The number of carboxylic acid groups (broad SMARTS) is 1. The van der Waals surface area contributed by atoms with Crippen molar-refractivity contribution in [2.24, 2.45) is 0 Å². The van der Waals surface area contributed by atoms with Crippen LogP contribution in [0.4, 0.5) is 14.9 Å². The maximum atomic E-state index is 13.5. The lowest BCUT2D eigenvalue weighted by Gasteiger charge is -2.15. The van der Waals surface area contributed by atoms with Crippen molar-refractivity contribution >= 4 is 17.7 Å². The Morgan fingerprint density at radius 1 is 1.43 bits per heavy atom. The van der Waals surface area contributed by atoms with Gasteiger partial charge in [0.2, 0.25) is 0 Å². The second-order valence-electron chi connectivity index (χ2n) is 4.48. The van der Waals surface area contributed by atoms with Gasteiger partial charge in [-0.3, -0.25) is 0 Å². The first-order valence-corrected chi connectivity index (χ1v) is 6.61. The predicted octanol–water partition coefficient (Wildman–Crippen LogP) is 2.60. The highest BCUT2D eigenvalue weighted by atomic mass is 19.1. The summed E-state index contributed by atoms with van der Waals surface area (Å²) in [4.78, 5) is 22.7. The lowest BCUT2D eigenvalue weighted by atomic mass is 10.1. The molecule has 1 aromatic rings. The Labute approximate surface area is 122 Å². The molecule has 1 rings (SSSR count). The number of hydrogen-bond donors (Lipinski definition) is 3. The van der Waals surface area contributed by atoms with Crippen LogP contribution in [0.1, 0.15) is 26.2 Å². The average molecular weight is 298 g/mol. The van der Waals surface area contributed by atoms with Gasteiger partial charge in [0.05, 0.1) is 7.11 Å². The minimum absolute atomic E-state index is 0.0623. The van der Waals surface area contributed by atoms with E-state index >= 15 is 0 Å². The number of urea groups is 1. The number of nitrogens with one attached hydrogen (secondary N) is 2. The number of hydrogen-bond acceptors (Lipinski definition) is 3. The maximum Gasteiger partial charge on any atom is 0.326 e. The Kier molecular flexibility index (Phi) is 6.45. The molecule has 0 radical (unpaired) electrons. The molecule has 21 heavy (non-hydrogen) atoms. The summed E-state index contributed by atoms with van der Waals surface area (Å²) < 4.78 is 18.2. The summed E-state index contributed by atoms with van der Waals surface area (Å²) in [5.41, 5.74) is 0.213. The number of methoxy groups -OCH3 is 1. The van der Waals surface area contributed by atoms with Crippen LogP contribution in [-0.4, -0.2) is 30.3 Å². The molecular formula is C14H19FN2O4. The fourth-order valence-corrected chi connectivity index (χ4v) is 1.74. The van der Waals surface area contributed by atoms with E-state index in [9.17, 15) is 14.0 Å². The quantitative estimate of drug-likeness (QED) is 0.722. The van der Waals surface area contributed by atoms with E-state index in [1.165, 1.54) is 19.2 Å². The van der Waals surface area contributed by atoms with Gasteiger partial charge >= 0.3 is 12.0 Å². The molecule has 0 aliphatic carbocycles. The summed E-state index contributed by atoms with van der Waals surface area (Å²) in [6.07, 6.45) is 1.86. The third-order valence-corrected chi connectivity index (χ3v) is 2.86. The summed E-state index contributed by atoms with van der Waals surface area (Å²) in [6.45, 7) is 1.93. The molecule has 0 saturated heterocycles. The molecule has 1 aromatic carbocycles. The first-order chi connectivity index (χ1) is 9.97. The third kappa shape index (κ3) is 5.29. The van der Waals surface area contributed by atoms with Crippen molar-refractivity contribution in [3.63, 3.8) is 0 Å². The van der Waals surface area contributed by atoms with Crippen molar-refractivity contribution in [3.8, 4) is 5.75 Å². The van der Waals surface area contributed by atoms with Crippen LogP contribution < -0.4 is 15.4 Å². The van der Waals surface area contributed by atoms with E-state index in [1.54, 1.807) is 0 Å². The molecule has 0 fully saturated rings. The van der Waals surface area contributed by atoms with Crippen molar-refractivity contribution in [3.05, 3.63) is 24.0 Å². The van der Waals surface area contributed by atoms with Crippen molar-refractivity contribution < 1.29 is 23.8 Å². The maximum absolute atomic E-state index is 13.5. The van der Waals surface area contributed by atoms with E-state index in [1.807, 2.05) is 6.92 Å². The number of carboxylic acids is 1. The Morgan fingerprint density at radius 3 is 2.67 bits per heavy atom. The lowest BCUT2D eigenvalue weighted by Crippen LogP contribution is -2.42. The van der Waals surface area contributed by atoms with Gasteiger partial charge in [0.15, 0.2) is 11.6 Å². The molecule has 1 unspecified atom stereocenters. The Hall–Kier alpha value is -2.31. The van der Waals surface area contributed by atoms with Crippen molar-refractivity contribution in [2.75, 3.05) is 12.4 Å². The normalized spacial score (nSPS) is 11.6. The fourth-order valence-electron chi connectivity index (χ4n) is 1.74. The van der Waals surface area contributed by atoms with E-state index in [2.05, 4.69) is 10.6 Å². The summed E-state index contributed by atoms with van der Waals surface area (Å²) in [5.74, 6) is -1.65. The van der Waals surface area contributed by atoms with Gasteiger partial charge in [-0.2, -0.15) is 0 Å². The van der Waals surface area contributed by atoms with Crippen LogP contribution in [0, 0.1) is 5.82 Å². The summed E-state index contributed by atoms with van der Waals surface area (Å²) in [6, 6.07) is 2.27. The molecule has 0 saturated carbocycles. The number of halogens is 1. The smallest absolute Gasteiger partial charge is 0.326 e. The van der Waals surface area contributed by atoms with Gasteiger partial charge in [0, 0.05) is 11.8 Å². The Bertz CT molecular complexity index is 508. The second kappa shape index (κ2) is 8.08. The van der Waals surface area contributed by atoms with E-state index in [0.717, 1.165) is 12.5 Å². The predicted molar refractivity (Wildman–Crippen MR) is 76.1 cm³/mol. The number of ether oxygens (including phenoxy) is 1. The highest BCUT2D eigenvalue weighted by molar-refractivity contribution is 5.92. The number of carbonyl (C=O) groups excluding carboxylic acids is 1. The first-order valence-electron chi connectivity index (χ1n) is 6.61. The van der Waals surface area contributed by atoms with Crippen molar-refractivity contribution in [1.29, 1.82) is 0 Å². The van der Waals surface area contributed by atoms with E-state index < -0.39 is 23.9 Å². The monoisotopic (exact) mass is 298 g/mol. The molecule has 6 nitrogen and oxygen atoms in total. The van der Waals surface area contributed by atoms with Gasteiger partial charge in [-0.1, -0.05) is 19.8 Å². The molecule has 3 N–H and O–H groups in total. The Morgan fingerprint density at radius 2 is 2.14 bits per heavy atom. The number of carbonyl (C=O) groups is 2. The van der Waals surface area contributed by atoms with Crippen LogP contribution >= 0.6 is 0 Å². The average Bonchev–Trinajstić information content (AvgIpc) is 2.43. The largest absolute Gasteiger partial charge is 0.494 e. The van der Waals surface area contributed by atoms with Crippen molar-refractivity contribution in [1.82, 2.24) is 5.32 Å². The number of benzene rings is 1. The molecular weight excluding hydrogens is 279 g/mol. The zero-order chi connectivity index (χ0) is 15.8. The Balaban J connectivity index is 2.63.